The summed E-state index contributed by atoms with van der Waals surface area (Å²) in [4.78, 5) is 10.2. The predicted molar refractivity (Wildman–Crippen MR) is 40.0 cm³/mol. The normalized spacial score (nSPS) is 12.2. The number of nitrogens with zero attached hydrogens (tertiary/aromatic N) is 1. The van der Waals surface area contributed by atoms with E-state index in [4.69, 9.17) is 10.4 Å². The van der Waals surface area contributed by atoms with Crippen molar-refractivity contribution in [3.05, 3.63) is 0 Å². The first kappa shape index (κ1) is 9.76. The van der Waals surface area contributed by atoms with Gasteiger partial charge in [0.2, 0.25) is 0 Å². The van der Waals surface area contributed by atoms with Crippen molar-refractivity contribution in [2.45, 2.75) is 26.3 Å². The quantitative estimate of drug-likeness (QED) is 0.644. The largest absolute Gasteiger partial charge is 0.465 e. The Labute approximate surface area is 65.8 Å². The van der Waals surface area contributed by atoms with Gasteiger partial charge in [-0.15, -0.1) is 0 Å². The van der Waals surface area contributed by atoms with E-state index in [0.717, 1.165) is 0 Å². The summed E-state index contributed by atoms with van der Waals surface area (Å²) in [5.41, 5.74) is 0. The molecular formula is C7H12N2O2. The summed E-state index contributed by atoms with van der Waals surface area (Å²) in [5.74, 6) is 0.158. The molecule has 0 spiro atoms. The lowest BCUT2D eigenvalue weighted by Crippen LogP contribution is -2.37. The second-order valence-corrected chi connectivity index (χ2v) is 2.66. The predicted octanol–water partition coefficient (Wildman–Crippen LogP) is 1.19. The van der Waals surface area contributed by atoms with Crippen LogP contribution in [-0.4, -0.2) is 17.2 Å². The summed E-state index contributed by atoms with van der Waals surface area (Å²) < 4.78 is 0. The van der Waals surface area contributed by atoms with Gasteiger partial charge in [0.25, 0.3) is 0 Å². The fraction of sp³-hybridized carbons (Fsp3) is 0.714. The molecule has 11 heavy (non-hydrogen) atoms. The molecule has 0 aromatic heterocycles. The molecule has 0 aliphatic rings. The highest BCUT2D eigenvalue weighted by atomic mass is 16.4. The highest BCUT2D eigenvalue weighted by Gasteiger charge is 2.14. The number of nitrogens with one attached hydrogen (secondary N) is 1. The molecule has 1 atom stereocenters. The molecule has 0 saturated carbocycles. The first-order valence-electron chi connectivity index (χ1n) is 3.44. The number of hydrogen-bond acceptors (Lipinski definition) is 2. The van der Waals surface area contributed by atoms with Crippen molar-refractivity contribution in [1.29, 1.82) is 5.26 Å². The fourth-order valence-electron chi connectivity index (χ4n) is 0.710. The lowest BCUT2D eigenvalue weighted by Gasteiger charge is -2.16. The summed E-state index contributed by atoms with van der Waals surface area (Å²) in [5, 5.41) is 18.9. The molecule has 0 rings (SSSR count). The van der Waals surface area contributed by atoms with Gasteiger partial charge in [0.15, 0.2) is 0 Å². The van der Waals surface area contributed by atoms with Gasteiger partial charge >= 0.3 is 6.09 Å². The van der Waals surface area contributed by atoms with E-state index in [-0.39, 0.29) is 18.4 Å². The SMILES string of the molecule is CC(C)C(CC#N)NC(=O)O. The third kappa shape index (κ3) is 4.20. The van der Waals surface area contributed by atoms with E-state index in [0.29, 0.717) is 0 Å². The highest BCUT2D eigenvalue weighted by Crippen LogP contribution is 2.04. The third-order valence-electron chi connectivity index (χ3n) is 1.42. The van der Waals surface area contributed by atoms with Gasteiger partial charge in [-0.1, -0.05) is 13.8 Å². The van der Waals surface area contributed by atoms with E-state index < -0.39 is 6.09 Å². The Bertz CT molecular complexity index is 172. The molecule has 0 aromatic rings. The number of carboxylic acid groups (broad SMARTS) is 1. The van der Waals surface area contributed by atoms with Crippen molar-refractivity contribution < 1.29 is 9.90 Å². The molecular weight excluding hydrogens is 144 g/mol. The van der Waals surface area contributed by atoms with Crippen molar-refractivity contribution >= 4 is 6.09 Å². The lowest BCUT2D eigenvalue weighted by molar-refractivity contribution is 0.186. The van der Waals surface area contributed by atoms with Crippen LogP contribution in [0.4, 0.5) is 4.79 Å². The molecule has 0 bridgehead atoms. The van der Waals surface area contributed by atoms with Crippen molar-refractivity contribution in [3.63, 3.8) is 0 Å². The third-order valence-corrected chi connectivity index (χ3v) is 1.42. The van der Waals surface area contributed by atoms with E-state index in [2.05, 4.69) is 5.32 Å². The van der Waals surface area contributed by atoms with Gasteiger partial charge in [0, 0.05) is 6.04 Å². The van der Waals surface area contributed by atoms with Crippen molar-refractivity contribution in [2.24, 2.45) is 5.92 Å². The maximum Gasteiger partial charge on any atom is 0.404 e. The van der Waals surface area contributed by atoms with Crippen LogP contribution in [0.5, 0.6) is 0 Å². The maximum absolute atomic E-state index is 10.2. The summed E-state index contributed by atoms with van der Waals surface area (Å²) in [7, 11) is 0. The maximum atomic E-state index is 10.2. The Kier molecular flexibility index (Phi) is 4.04. The topological polar surface area (TPSA) is 73.1 Å². The summed E-state index contributed by atoms with van der Waals surface area (Å²) in [6.45, 7) is 3.75. The van der Waals surface area contributed by atoms with Crippen molar-refractivity contribution in [2.75, 3.05) is 0 Å². The Hall–Kier alpha value is -1.24. The van der Waals surface area contributed by atoms with E-state index in [1.807, 2.05) is 19.9 Å². The van der Waals surface area contributed by atoms with Crippen LogP contribution in [0.15, 0.2) is 0 Å². The average molecular weight is 156 g/mol. The first-order valence-corrected chi connectivity index (χ1v) is 3.44. The fourth-order valence-corrected chi connectivity index (χ4v) is 0.710. The van der Waals surface area contributed by atoms with Crippen LogP contribution < -0.4 is 5.32 Å². The number of amides is 1. The van der Waals surface area contributed by atoms with Crippen LogP contribution in [0.3, 0.4) is 0 Å². The zero-order valence-electron chi connectivity index (χ0n) is 6.66. The van der Waals surface area contributed by atoms with Gasteiger partial charge in [-0.2, -0.15) is 5.26 Å². The summed E-state index contributed by atoms with van der Waals surface area (Å²) in [6, 6.07) is 1.68. The summed E-state index contributed by atoms with van der Waals surface area (Å²) in [6.07, 6.45) is -0.844. The molecule has 0 radical (unpaired) electrons. The van der Waals surface area contributed by atoms with Crippen LogP contribution >= 0.6 is 0 Å². The molecule has 4 heteroatoms. The zero-order valence-corrected chi connectivity index (χ0v) is 6.66. The van der Waals surface area contributed by atoms with Crippen LogP contribution in [0.1, 0.15) is 20.3 Å². The standard InChI is InChI=1S/C7H12N2O2/c1-5(2)6(3-4-8)9-7(10)11/h5-6,9H,3H2,1-2H3,(H,10,11). The highest BCUT2D eigenvalue weighted by molar-refractivity contribution is 5.64. The number of carbonyl (C=O) groups is 1. The zero-order chi connectivity index (χ0) is 8.85. The Morgan fingerprint density at radius 2 is 2.27 bits per heavy atom. The molecule has 0 aliphatic heterocycles. The second-order valence-electron chi connectivity index (χ2n) is 2.66. The Morgan fingerprint density at radius 3 is 2.55 bits per heavy atom. The molecule has 1 unspecified atom stereocenters. The van der Waals surface area contributed by atoms with Crippen molar-refractivity contribution in [3.8, 4) is 6.07 Å². The van der Waals surface area contributed by atoms with Crippen molar-refractivity contribution in [1.82, 2.24) is 5.32 Å². The molecule has 1 amide bonds. The van der Waals surface area contributed by atoms with E-state index in [1.54, 1.807) is 0 Å². The number of hydrogen-bond donors (Lipinski definition) is 2. The van der Waals surface area contributed by atoms with Gasteiger partial charge in [0.05, 0.1) is 12.5 Å². The number of rotatable bonds is 3. The van der Waals surface area contributed by atoms with E-state index in [9.17, 15) is 4.79 Å². The van der Waals surface area contributed by atoms with Crippen LogP contribution in [0, 0.1) is 17.2 Å². The molecule has 0 saturated heterocycles. The molecule has 4 nitrogen and oxygen atoms in total. The summed E-state index contributed by atoms with van der Waals surface area (Å²) >= 11 is 0. The molecule has 0 heterocycles. The van der Waals surface area contributed by atoms with Crippen LogP contribution in [0.25, 0.3) is 0 Å². The van der Waals surface area contributed by atoms with Gasteiger partial charge in [0.1, 0.15) is 0 Å². The van der Waals surface area contributed by atoms with Gasteiger partial charge in [-0.25, -0.2) is 4.79 Å². The minimum atomic E-state index is -1.07. The Morgan fingerprint density at radius 1 is 1.73 bits per heavy atom. The van der Waals surface area contributed by atoms with Crippen LogP contribution in [-0.2, 0) is 0 Å². The molecule has 2 N–H and O–H groups in total. The minimum absolute atomic E-state index is 0.158. The average Bonchev–Trinajstić information content (AvgIpc) is 1.86. The van der Waals surface area contributed by atoms with Crippen LogP contribution in [0.2, 0.25) is 0 Å². The van der Waals surface area contributed by atoms with Gasteiger partial charge in [-0.05, 0) is 5.92 Å². The lowest BCUT2D eigenvalue weighted by atomic mass is 10.0. The van der Waals surface area contributed by atoms with Gasteiger partial charge < -0.3 is 10.4 Å². The smallest absolute Gasteiger partial charge is 0.404 e. The second kappa shape index (κ2) is 4.56. The molecule has 0 fully saturated rings. The minimum Gasteiger partial charge on any atom is -0.465 e. The molecule has 62 valence electrons. The van der Waals surface area contributed by atoms with E-state index >= 15 is 0 Å². The number of nitriles is 1. The van der Waals surface area contributed by atoms with E-state index in [1.165, 1.54) is 0 Å². The first-order chi connectivity index (χ1) is 5.07. The molecule has 0 aromatic carbocycles. The van der Waals surface area contributed by atoms with Gasteiger partial charge in [-0.3, -0.25) is 0 Å². The Balaban J connectivity index is 3.91. The molecule has 0 aliphatic carbocycles. The monoisotopic (exact) mass is 156 g/mol.